The highest BCUT2D eigenvalue weighted by Crippen LogP contribution is 2.13. The van der Waals surface area contributed by atoms with Crippen molar-refractivity contribution in [1.29, 1.82) is 0 Å². The maximum absolute atomic E-state index is 12.0. The van der Waals surface area contributed by atoms with Crippen LogP contribution in [0.4, 0.5) is 5.69 Å². The fourth-order valence-electron chi connectivity index (χ4n) is 1.68. The van der Waals surface area contributed by atoms with E-state index in [1.807, 2.05) is 0 Å². The quantitative estimate of drug-likeness (QED) is 0.888. The Labute approximate surface area is 120 Å². The first kappa shape index (κ1) is 14.4. The minimum Gasteiger partial charge on any atom is -0.481 e. The normalized spacial score (nSPS) is 10.0. The first-order chi connectivity index (χ1) is 10.0. The van der Waals surface area contributed by atoms with E-state index in [0.29, 0.717) is 11.6 Å². The minimum atomic E-state index is -1.08. The van der Waals surface area contributed by atoms with Crippen LogP contribution in [0.2, 0.25) is 0 Å². The number of hydrogen-bond donors (Lipinski definition) is 2. The molecule has 0 saturated carbocycles. The van der Waals surface area contributed by atoms with Crippen molar-refractivity contribution in [2.75, 3.05) is 12.4 Å². The Morgan fingerprint density at radius 1 is 1.24 bits per heavy atom. The fourth-order valence-corrected chi connectivity index (χ4v) is 1.68. The molecule has 0 aromatic carbocycles. The highest BCUT2D eigenvalue weighted by molar-refractivity contribution is 6.03. The molecule has 0 aliphatic heterocycles. The summed E-state index contributed by atoms with van der Waals surface area (Å²) in [5, 5.41) is 11.5. The molecule has 1 amide bonds. The van der Waals surface area contributed by atoms with Crippen molar-refractivity contribution >= 4 is 17.6 Å². The number of pyridine rings is 2. The van der Waals surface area contributed by atoms with E-state index in [1.165, 1.54) is 32.4 Å². The predicted octanol–water partition coefficient (Wildman–Crippen LogP) is 1.74. The monoisotopic (exact) mass is 287 g/mol. The average Bonchev–Trinajstić information content (AvgIpc) is 2.47. The molecule has 2 aromatic heterocycles. The summed E-state index contributed by atoms with van der Waals surface area (Å²) in [6.45, 7) is 1.54. The second kappa shape index (κ2) is 6.00. The lowest BCUT2D eigenvalue weighted by molar-refractivity contribution is 0.0695. The third-order valence-corrected chi connectivity index (χ3v) is 2.75. The number of methoxy groups -OCH3 is 1. The Hall–Kier alpha value is -2.96. The van der Waals surface area contributed by atoms with E-state index in [-0.39, 0.29) is 17.0 Å². The van der Waals surface area contributed by atoms with Crippen LogP contribution in [0.15, 0.2) is 30.5 Å². The molecule has 2 N–H and O–H groups in total. The van der Waals surface area contributed by atoms with Crippen molar-refractivity contribution in [2.45, 2.75) is 6.92 Å². The van der Waals surface area contributed by atoms with Gasteiger partial charge in [0.15, 0.2) is 0 Å². The smallest absolute Gasteiger partial charge is 0.337 e. The lowest BCUT2D eigenvalue weighted by Crippen LogP contribution is -2.15. The van der Waals surface area contributed by atoms with E-state index in [9.17, 15) is 9.59 Å². The first-order valence-corrected chi connectivity index (χ1v) is 6.03. The number of nitrogens with zero attached hydrogens (tertiary/aromatic N) is 2. The van der Waals surface area contributed by atoms with Gasteiger partial charge in [-0.15, -0.1) is 0 Å². The third kappa shape index (κ3) is 3.33. The summed E-state index contributed by atoms with van der Waals surface area (Å²) in [6.07, 6.45) is 1.45. The van der Waals surface area contributed by atoms with E-state index in [0.717, 1.165) is 0 Å². The van der Waals surface area contributed by atoms with Crippen LogP contribution in [0.5, 0.6) is 5.88 Å². The summed E-state index contributed by atoms with van der Waals surface area (Å²) in [5.74, 6) is -1.08. The first-order valence-electron chi connectivity index (χ1n) is 6.03. The zero-order valence-electron chi connectivity index (χ0n) is 11.5. The molecular weight excluding hydrogens is 274 g/mol. The molecule has 2 heterocycles. The number of carbonyl (C=O) groups excluding carboxylic acids is 1. The lowest BCUT2D eigenvalue weighted by Gasteiger charge is -2.07. The van der Waals surface area contributed by atoms with E-state index in [1.54, 1.807) is 12.1 Å². The van der Waals surface area contributed by atoms with Gasteiger partial charge in [0.2, 0.25) is 5.88 Å². The molecule has 0 spiro atoms. The highest BCUT2D eigenvalue weighted by Gasteiger charge is 2.13. The summed E-state index contributed by atoms with van der Waals surface area (Å²) in [4.78, 5) is 30.9. The Bertz CT molecular complexity index is 683. The van der Waals surface area contributed by atoms with Gasteiger partial charge in [0.05, 0.1) is 30.3 Å². The number of carboxylic acid groups (broad SMARTS) is 1. The molecule has 7 nitrogen and oxygen atoms in total. The van der Waals surface area contributed by atoms with Crippen LogP contribution < -0.4 is 10.1 Å². The SMILES string of the molecule is COc1ccc(NC(=O)c2ccc(C(=O)O)c(C)n2)cn1. The molecule has 0 unspecified atom stereocenters. The molecule has 2 rings (SSSR count). The van der Waals surface area contributed by atoms with Crippen LogP contribution in [-0.2, 0) is 0 Å². The largest absolute Gasteiger partial charge is 0.481 e. The lowest BCUT2D eigenvalue weighted by atomic mass is 10.2. The number of carboxylic acids is 1. The molecule has 0 fully saturated rings. The molecule has 0 atom stereocenters. The van der Waals surface area contributed by atoms with Gasteiger partial charge in [-0.05, 0) is 25.1 Å². The van der Waals surface area contributed by atoms with Crippen LogP contribution >= 0.6 is 0 Å². The number of nitrogens with one attached hydrogen (secondary N) is 1. The van der Waals surface area contributed by atoms with Gasteiger partial charge in [-0.25, -0.2) is 14.8 Å². The molecule has 108 valence electrons. The van der Waals surface area contributed by atoms with Crippen molar-refractivity contribution in [1.82, 2.24) is 9.97 Å². The van der Waals surface area contributed by atoms with E-state index in [2.05, 4.69) is 15.3 Å². The molecule has 0 aliphatic carbocycles. The molecule has 7 heteroatoms. The number of aryl methyl sites for hydroxylation is 1. The molecule has 2 aromatic rings. The van der Waals surface area contributed by atoms with E-state index in [4.69, 9.17) is 9.84 Å². The summed E-state index contributed by atoms with van der Waals surface area (Å²) in [7, 11) is 1.50. The summed E-state index contributed by atoms with van der Waals surface area (Å²) in [6, 6.07) is 5.97. The third-order valence-electron chi connectivity index (χ3n) is 2.75. The van der Waals surface area contributed by atoms with Gasteiger partial charge in [0.1, 0.15) is 5.69 Å². The van der Waals surface area contributed by atoms with Gasteiger partial charge in [0.25, 0.3) is 5.91 Å². The molecule has 0 bridgehead atoms. The van der Waals surface area contributed by atoms with Gasteiger partial charge in [-0.3, -0.25) is 4.79 Å². The number of anilines is 1. The number of hydrogen-bond acceptors (Lipinski definition) is 5. The van der Waals surface area contributed by atoms with Gasteiger partial charge >= 0.3 is 5.97 Å². The van der Waals surface area contributed by atoms with E-state index < -0.39 is 11.9 Å². The summed E-state index contributed by atoms with van der Waals surface area (Å²) < 4.78 is 4.92. The van der Waals surface area contributed by atoms with Crippen molar-refractivity contribution in [3.05, 3.63) is 47.4 Å². The number of ether oxygens (including phenoxy) is 1. The van der Waals surface area contributed by atoms with Gasteiger partial charge in [0, 0.05) is 6.07 Å². The minimum absolute atomic E-state index is 0.0673. The van der Waals surface area contributed by atoms with Crippen LogP contribution in [0, 0.1) is 6.92 Å². The Kier molecular flexibility index (Phi) is 4.13. The molecule has 21 heavy (non-hydrogen) atoms. The van der Waals surface area contributed by atoms with Gasteiger partial charge < -0.3 is 15.2 Å². The van der Waals surface area contributed by atoms with Crippen molar-refractivity contribution < 1.29 is 19.4 Å². The number of aromatic carboxylic acids is 1. The van der Waals surface area contributed by atoms with Crippen LogP contribution in [0.25, 0.3) is 0 Å². The maximum atomic E-state index is 12.0. The predicted molar refractivity (Wildman–Crippen MR) is 74.7 cm³/mol. The van der Waals surface area contributed by atoms with E-state index >= 15 is 0 Å². The highest BCUT2D eigenvalue weighted by atomic mass is 16.5. The van der Waals surface area contributed by atoms with Gasteiger partial charge in [-0.1, -0.05) is 0 Å². The zero-order valence-corrected chi connectivity index (χ0v) is 11.5. The number of aromatic nitrogens is 2. The topological polar surface area (TPSA) is 101 Å². The van der Waals surface area contributed by atoms with Crippen molar-refractivity contribution in [3.8, 4) is 5.88 Å². The second-order valence-corrected chi connectivity index (χ2v) is 4.18. The summed E-state index contributed by atoms with van der Waals surface area (Å²) >= 11 is 0. The molecule has 0 saturated heterocycles. The Balaban J connectivity index is 2.16. The van der Waals surface area contributed by atoms with Crippen LogP contribution in [-0.4, -0.2) is 34.1 Å². The maximum Gasteiger partial charge on any atom is 0.337 e. The molecule has 0 aliphatic rings. The number of rotatable bonds is 4. The fraction of sp³-hybridized carbons (Fsp3) is 0.143. The number of amides is 1. The molecule has 0 radical (unpaired) electrons. The standard InChI is InChI=1S/C14H13N3O4/c1-8-10(14(19)20)4-5-11(16-8)13(18)17-9-3-6-12(21-2)15-7-9/h3-7H,1-2H3,(H,17,18)(H,19,20). The second-order valence-electron chi connectivity index (χ2n) is 4.18. The summed E-state index contributed by atoms with van der Waals surface area (Å²) in [5.41, 5.74) is 0.969. The average molecular weight is 287 g/mol. The Morgan fingerprint density at radius 2 is 2.00 bits per heavy atom. The zero-order chi connectivity index (χ0) is 15.4. The van der Waals surface area contributed by atoms with Gasteiger partial charge in [-0.2, -0.15) is 0 Å². The van der Waals surface area contributed by atoms with Crippen molar-refractivity contribution in [2.24, 2.45) is 0 Å². The number of carbonyl (C=O) groups is 2. The van der Waals surface area contributed by atoms with Crippen molar-refractivity contribution in [3.63, 3.8) is 0 Å². The Morgan fingerprint density at radius 3 is 2.52 bits per heavy atom. The van der Waals surface area contributed by atoms with Crippen LogP contribution in [0.1, 0.15) is 26.5 Å². The molecular formula is C14H13N3O4. The van der Waals surface area contributed by atoms with Crippen LogP contribution in [0.3, 0.4) is 0 Å².